The van der Waals surface area contributed by atoms with Crippen LogP contribution in [0.2, 0.25) is 5.02 Å². The van der Waals surface area contributed by atoms with Crippen molar-refractivity contribution >= 4 is 27.6 Å². The smallest absolute Gasteiger partial charge is 0.343 e. The molecule has 0 fully saturated rings. The lowest BCUT2D eigenvalue weighted by Crippen LogP contribution is -2.30. The van der Waals surface area contributed by atoms with Gasteiger partial charge < -0.3 is 4.74 Å². The molecule has 3 rings (SSSR count). The van der Waals surface area contributed by atoms with Crippen molar-refractivity contribution in [3.8, 4) is 0 Å². The third-order valence-corrected chi connectivity index (χ3v) is 6.13. The number of nitrogens with one attached hydrogen (secondary N) is 1. The highest BCUT2D eigenvalue weighted by atomic mass is 35.5. The molecular weight excluding hydrogens is 429 g/mol. The van der Waals surface area contributed by atoms with E-state index in [9.17, 15) is 17.6 Å². The predicted molar refractivity (Wildman–Crippen MR) is 112 cm³/mol. The van der Waals surface area contributed by atoms with Crippen LogP contribution in [0.25, 0.3) is 0 Å². The fourth-order valence-electron chi connectivity index (χ4n) is 2.76. The number of carbonyl (C=O) groups excluding carboxylic acids is 1. The molecule has 0 saturated heterocycles. The minimum Gasteiger partial charge on any atom is -0.452 e. The third kappa shape index (κ3) is 5.24. The fraction of sp³-hybridized carbons (Fsp3) is 0.136. The van der Waals surface area contributed by atoms with Crippen molar-refractivity contribution in [1.82, 2.24) is 4.72 Å². The molecule has 156 valence electrons. The third-order valence-electron chi connectivity index (χ3n) is 4.38. The number of rotatable bonds is 7. The van der Waals surface area contributed by atoms with Crippen molar-refractivity contribution in [2.24, 2.45) is 0 Å². The average molecular weight is 448 g/mol. The summed E-state index contributed by atoms with van der Waals surface area (Å²) >= 11 is 5.94. The quantitative estimate of drug-likeness (QED) is 0.534. The minimum atomic E-state index is -3.84. The molecular formula is C22H19ClFNO4S. The van der Waals surface area contributed by atoms with Crippen molar-refractivity contribution in [2.75, 3.05) is 6.54 Å². The van der Waals surface area contributed by atoms with E-state index in [0.29, 0.717) is 5.56 Å². The molecule has 0 spiro atoms. The van der Waals surface area contributed by atoms with E-state index in [1.54, 1.807) is 42.5 Å². The number of halogens is 2. The van der Waals surface area contributed by atoms with Gasteiger partial charge in [-0.1, -0.05) is 65.7 Å². The maximum atomic E-state index is 14.1. The van der Waals surface area contributed by atoms with Crippen LogP contribution in [0.15, 0.2) is 77.7 Å². The molecule has 0 radical (unpaired) electrons. The zero-order valence-corrected chi connectivity index (χ0v) is 17.6. The van der Waals surface area contributed by atoms with Crippen LogP contribution < -0.4 is 4.72 Å². The second-order valence-electron chi connectivity index (χ2n) is 6.57. The molecule has 0 amide bonds. The second-order valence-corrected chi connectivity index (χ2v) is 8.74. The summed E-state index contributed by atoms with van der Waals surface area (Å²) in [6, 6.07) is 18.8. The molecule has 3 aromatic carbocycles. The van der Waals surface area contributed by atoms with Crippen LogP contribution in [-0.2, 0) is 14.8 Å². The van der Waals surface area contributed by atoms with Crippen molar-refractivity contribution in [3.05, 3.63) is 100 Å². The van der Waals surface area contributed by atoms with Gasteiger partial charge in [-0.15, -0.1) is 0 Å². The van der Waals surface area contributed by atoms with E-state index in [2.05, 4.69) is 4.72 Å². The van der Waals surface area contributed by atoms with E-state index in [1.165, 1.54) is 24.3 Å². The van der Waals surface area contributed by atoms with E-state index < -0.39 is 33.5 Å². The first-order chi connectivity index (χ1) is 14.3. The summed E-state index contributed by atoms with van der Waals surface area (Å²) in [7, 11) is -3.84. The fourth-order valence-corrected chi connectivity index (χ4v) is 4.03. The van der Waals surface area contributed by atoms with Gasteiger partial charge in [-0.25, -0.2) is 22.3 Å². The second kappa shape index (κ2) is 9.38. The molecule has 5 nitrogen and oxygen atoms in total. The molecule has 0 aliphatic carbocycles. The summed E-state index contributed by atoms with van der Waals surface area (Å²) in [5, 5.41) is -0.0907. The summed E-state index contributed by atoms with van der Waals surface area (Å²) in [5.41, 5.74) is 1.07. The monoisotopic (exact) mass is 447 g/mol. The van der Waals surface area contributed by atoms with Gasteiger partial charge in [0.2, 0.25) is 10.0 Å². The Bertz CT molecular complexity index is 1120. The first kappa shape index (κ1) is 22.0. The topological polar surface area (TPSA) is 72.5 Å². The van der Waals surface area contributed by atoms with Gasteiger partial charge >= 0.3 is 5.97 Å². The first-order valence-corrected chi connectivity index (χ1v) is 10.9. The van der Waals surface area contributed by atoms with E-state index in [4.69, 9.17) is 16.3 Å². The number of ether oxygens (including phenoxy) is 1. The van der Waals surface area contributed by atoms with Gasteiger partial charge in [-0.2, -0.15) is 0 Å². The number of hydrogen-bond donors (Lipinski definition) is 1. The van der Waals surface area contributed by atoms with Crippen LogP contribution in [-0.4, -0.2) is 20.9 Å². The van der Waals surface area contributed by atoms with Crippen LogP contribution in [0.3, 0.4) is 0 Å². The summed E-state index contributed by atoms with van der Waals surface area (Å²) in [5.74, 6) is -1.80. The van der Waals surface area contributed by atoms with E-state index >= 15 is 0 Å². The minimum absolute atomic E-state index is 0.0865. The molecule has 0 unspecified atom stereocenters. The van der Waals surface area contributed by atoms with Crippen molar-refractivity contribution in [1.29, 1.82) is 0 Å². The number of benzene rings is 3. The molecule has 0 saturated carbocycles. The van der Waals surface area contributed by atoms with E-state index in [0.717, 1.165) is 11.6 Å². The summed E-state index contributed by atoms with van der Waals surface area (Å²) in [4.78, 5) is 12.7. The summed E-state index contributed by atoms with van der Waals surface area (Å²) in [6.07, 6.45) is -0.991. The van der Waals surface area contributed by atoms with Crippen molar-refractivity contribution in [3.63, 3.8) is 0 Å². The van der Waals surface area contributed by atoms with E-state index in [-0.39, 0.29) is 16.5 Å². The van der Waals surface area contributed by atoms with E-state index in [1.807, 2.05) is 6.92 Å². The molecule has 3 aromatic rings. The molecule has 0 heterocycles. The average Bonchev–Trinajstić information content (AvgIpc) is 2.72. The Morgan fingerprint density at radius 3 is 2.33 bits per heavy atom. The Morgan fingerprint density at radius 2 is 1.70 bits per heavy atom. The molecule has 0 aliphatic rings. The Balaban J connectivity index is 1.83. The van der Waals surface area contributed by atoms with Crippen molar-refractivity contribution < 1.29 is 22.3 Å². The largest absolute Gasteiger partial charge is 0.452 e. The van der Waals surface area contributed by atoms with Gasteiger partial charge in [0.05, 0.1) is 16.5 Å². The maximum absolute atomic E-state index is 14.1. The van der Waals surface area contributed by atoms with Crippen LogP contribution in [0.1, 0.15) is 27.6 Å². The number of esters is 1. The molecule has 30 heavy (non-hydrogen) atoms. The Kier molecular flexibility index (Phi) is 6.87. The van der Waals surface area contributed by atoms with Crippen LogP contribution in [0.5, 0.6) is 0 Å². The van der Waals surface area contributed by atoms with Gasteiger partial charge in [0.25, 0.3) is 0 Å². The summed E-state index contributed by atoms with van der Waals surface area (Å²) in [6.45, 7) is 1.61. The normalized spacial score (nSPS) is 12.4. The Morgan fingerprint density at radius 1 is 1.03 bits per heavy atom. The zero-order valence-electron chi connectivity index (χ0n) is 16.0. The molecule has 1 atom stereocenters. The molecule has 8 heteroatoms. The highest BCUT2D eigenvalue weighted by Gasteiger charge is 2.24. The van der Waals surface area contributed by atoms with Crippen molar-refractivity contribution in [2.45, 2.75) is 17.9 Å². The number of carbonyl (C=O) groups is 1. The van der Waals surface area contributed by atoms with Crippen LogP contribution in [0.4, 0.5) is 4.39 Å². The van der Waals surface area contributed by atoms with Gasteiger partial charge in [0.15, 0.2) is 0 Å². The summed E-state index contributed by atoms with van der Waals surface area (Å²) < 4.78 is 47.2. The molecule has 1 N–H and O–H groups in total. The van der Waals surface area contributed by atoms with Gasteiger partial charge in [0, 0.05) is 0 Å². The van der Waals surface area contributed by atoms with Gasteiger partial charge in [0.1, 0.15) is 17.5 Å². The highest BCUT2D eigenvalue weighted by molar-refractivity contribution is 7.89. The van der Waals surface area contributed by atoms with Crippen LogP contribution in [0, 0.1) is 12.7 Å². The lowest BCUT2D eigenvalue weighted by molar-refractivity contribution is 0.0303. The van der Waals surface area contributed by atoms with Crippen LogP contribution >= 0.6 is 11.6 Å². The standard InChI is InChI=1S/C22H19ClFNO4S/c1-15-10-12-17(13-11-15)30(27,28)25-14-20(16-6-3-2-4-7-16)29-22(26)21-18(23)8-5-9-19(21)24/h2-13,20,25H,14H2,1H3/t20-/m1/s1. The van der Waals surface area contributed by atoms with Gasteiger partial charge in [-0.3, -0.25) is 0 Å². The van der Waals surface area contributed by atoms with Gasteiger partial charge in [-0.05, 0) is 36.8 Å². The first-order valence-electron chi connectivity index (χ1n) is 9.04. The number of sulfonamides is 1. The molecule has 0 aliphatic heterocycles. The zero-order chi connectivity index (χ0) is 21.7. The SMILES string of the molecule is Cc1ccc(S(=O)(=O)NC[C@@H](OC(=O)c2c(F)cccc2Cl)c2ccccc2)cc1. The molecule has 0 bridgehead atoms. The number of aryl methyl sites for hydroxylation is 1. The Hall–Kier alpha value is -2.74. The predicted octanol–water partition coefficient (Wildman–Crippen LogP) is 4.66. The maximum Gasteiger partial charge on any atom is 0.343 e. The number of hydrogen-bond acceptors (Lipinski definition) is 4. The Labute approximate surface area is 179 Å². The lowest BCUT2D eigenvalue weighted by atomic mass is 10.1. The highest BCUT2D eigenvalue weighted by Crippen LogP contribution is 2.24. The lowest BCUT2D eigenvalue weighted by Gasteiger charge is -2.19. The molecule has 0 aromatic heterocycles.